The Kier molecular flexibility index (Phi) is 19.6. The lowest BCUT2D eigenvalue weighted by molar-refractivity contribution is 0.843. The van der Waals surface area contributed by atoms with Crippen molar-refractivity contribution in [3.8, 4) is 66.8 Å². The molecule has 78 heavy (non-hydrogen) atoms. The van der Waals surface area contributed by atoms with E-state index >= 15 is 0 Å². The van der Waals surface area contributed by atoms with Crippen molar-refractivity contribution in [2.75, 3.05) is 0 Å². The molecule has 7 aromatic rings. The predicted octanol–water partition coefficient (Wildman–Crippen LogP) is 23.5. The molecule has 0 amide bonds. The normalized spacial score (nSPS) is 19.5. The van der Waals surface area contributed by atoms with Crippen molar-refractivity contribution in [1.29, 1.82) is 0 Å². The third kappa shape index (κ3) is 14.6. The molecular formula is C78H78. The number of rotatable bonds is 6. The number of fused-ring (bicyclic) bond motifs is 30. The van der Waals surface area contributed by atoms with Crippen molar-refractivity contribution < 1.29 is 0 Å². The molecule has 0 saturated heterocycles. The molecule has 7 aromatic carbocycles. The Hall–Kier alpha value is -7.80. The zero-order chi connectivity index (χ0) is 52.8. The topological polar surface area (TPSA) is 0 Å². The molecule has 0 N–H and O–H groups in total. The molecule has 6 aliphatic carbocycles. The highest BCUT2D eigenvalue weighted by atomic mass is 14.2. The van der Waals surface area contributed by atoms with Crippen molar-refractivity contribution in [1.82, 2.24) is 0 Å². The summed E-state index contributed by atoms with van der Waals surface area (Å²) in [5.74, 6) is 0. The van der Waals surface area contributed by atoms with Crippen LogP contribution in [-0.4, -0.2) is 0 Å². The van der Waals surface area contributed by atoms with Gasteiger partial charge in [0.05, 0.1) is 0 Å². The minimum Gasteiger partial charge on any atom is -0.0885 e. The lowest BCUT2D eigenvalue weighted by Crippen LogP contribution is -1.93. The summed E-state index contributed by atoms with van der Waals surface area (Å²) in [6.45, 7) is 0. The summed E-state index contributed by atoms with van der Waals surface area (Å²) in [7, 11) is 0. The largest absolute Gasteiger partial charge is 0.0885 e. The average molecular weight is 1020 g/mol. The van der Waals surface area contributed by atoms with E-state index in [1.807, 2.05) is 0 Å². The highest BCUT2D eigenvalue weighted by Crippen LogP contribution is 2.40. The van der Waals surface area contributed by atoms with Gasteiger partial charge in [0.15, 0.2) is 0 Å². The lowest BCUT2D eigenvalue weighted by atomic mass is 9.87. The first-order chi connectivity index (χ1) is 38.7. The zero-order valence-corrected chi connectivity index (χ0v) is 46.0. The number of hydrogen-bond acceptors (Lipinski definition) is 0. The number of hydrogen-bond donors (Lipinski definition) is 0. The quantitative estimate of drug-likeness (QED) is 0.146. The van der Waals surface area contributed by atoms with E-state index in [9.17, 15) is 0 Å². The van der Waals surface area contributed by atoms with E-state index in [0.717, 1.165) is 103 Å². The molecule has 6 aliphatic rings. The van der Waals surface area contributed by atoms with Gasteiger partial charge >= 0.3 is 0 Å². The van der Waals surface area contributed by atoms with Gasteiger partial charge in [-0.05, 0) is 252 Å². The summed E-state index contributed by atoms with van der Waals surface area (Å²) in [6, 6.07) is 55.4. The van der Waals surface area contributed by atoms with Crippen LogP contribution in [0.2, 0.25) is 0 Å². The molecule has 0 heterocycles. The first-order valence-corrected chi connectivity index (χ1v) is 29.6. The van der Waals surface area contributed by atoms with Crippen LogP contribution in [0, 0.1) is 0 Å². The van der Waals surface area contributed by atoms with Gasteiger partial charge < -0.3 is 0 Å². The molecular weight excluding hydrogens is 937 g/mol. The van der Waals surface area contributed by atoms with E-state index < -0.39 is 0 Å². The average Bonchev–Trinajstić information content (AvgIpc) is 3.54. The minimum atomic E-state index is 1.05. The first-order valence-electron chi connectivity index (χ1n) is 29.6. The van der Waals surface area contributed by atoms with Crippen LogP contribution in [0.1, 0.15) is 149 Å². The molecule has 390 valence electrons. The smallest absolute Gasteiger partial charge is 0.0105 e. The molecule has 0 unspecified atom stereocenters. The van der Waals surface area contributed by atoms with Crippen molar-refractivity contribution >= 4 is 36.5 Å². The van der Waals surface area contributed by atoms with Crippen molar-refractivity contribution in [2.45, 2.75) is 116 Å². The van der Waals surface area contributed by atoms with Gasteiger partial charge in [0.1, 0.15) is 0 Å². The lowest BCUT2D eigenvalue weighted by Gasteiger charge is -2.17. The van der Waals surface area contributed by atoms with Crippen LogP contribution in [0.15, 0.2) is 219 Å². The minimum absolute atomic E-state index is 1.05. The highest BCUT2D eigenvalue weighted by molar-refractivity contribution is 5.91. The SMILES string of the molecule is C1=C\CCC/C=C\c2cc(-c3ccccc3)c(cc2-c2ccc(-c3cc4c(-c5ccc(-c6cc7c(-c8ccccc8)cc6/C=C\CCC/C=C\CCC/C=C\7)cc5)cc3/C=C\CCC/C=C\CCC/C=C\4)cc2)/C=C\CCC/1. The molecule has 0 aliphatic heterocycles. The monoisotopic (exact) mass is 1010 g/mol. The standard InChI is InChI=1S/C78H78/c1-3-9-15-21-29-43-69-55-73(61-37-33-25-34-38-61)67(41-27-19-13-7-1)57-75(69)63-47-51-65(52-48-63)77-59-72-46-32-24-18-12-6-5-11-17-23-31-45-71(77)60-78(72)66-53-49-64(50-54-66)76-58-68-42-28-20-14-8-2-4-10-16-22-30-44-70(76)56-74(68)62-39-35-26-36-40-62/h1-6,25-60H,7-24H2/b3-1-,4-2-,6-5-,41-27-,42-28-,43-29-,44-30-,45-31-,46-32-. The van der Waals surface area contributed by atoms with Gasteiger partial charge in [-0.3, -0.25) is 0 Å². The van der Waals surface area contributed by atoms with E-state index in [1.165, 1.54) is 113 Å². The number of benzene rings is 7. The molecule has 13 rings (SSSR count). The molecule has 0 aromatic heterocycles. The van der Waals surface area contributed by atoms with Crippen LogP contribution in [-0.2, 0) is 0 Å². The second-order valence-electron chi connectivity index (χ2n) is 21.4. The molecule has 0 saturated carbocycles. The Labute approximate surface area is 468 Å². The van der Waals surface area contributed by atoms with E-state index in [4.69, 9.17) is 0 Å². The van der Waals surface area contributed by atoms with Gasteiger partial charge in [-0.1, -0.05) is 219 Å². The van der Waals surface area contributed by atoms with Gasteiger partial charge in [0, 0.05) is 0 Å². The maximum Gasteiger partial charge on any atom is -0.0105 e. The zero-order valence-electron chi connectivity index (χ0n) is 46.0. The van der Waals surface area contributed by atoms with E-state index in [-0.39, 0.29) is 0 Å². The van der Waals surface area contributed by atoms with E-state index in [2.05, 4.69) is 255 Å². The van der Waals surface area contributed by atoms with Gasteiger partial charge in [-0.15, -0.1) is 0 Å². The molecule has 0 fully saturated rings. The Morgan fingerprint density at radius 3 is 0.526 bits per heavy atom. The maximum atomic E-state index is 2.47. The first kappa shape index (κ1) is 53.6. The summed E-state index contributed by atoms with van der Waals surface area (Å²) in [5, 5.41) is 0. The van der Waals surface area contributed by atoms with Crippen LogP contribution in [0.4, 0.5) is 0 Å². The second-order valence-corrected chi connectivity index (χ2v) is 21.4. The number of allylic oxidation sites excluding steroid dienone is 12. The van der Waals surface area contributed by atoms with Crippen molar-refractivity contribution in [3.05, 3.63) is 252 Å². The van der Waals surface area contributed by atoms with Crippen LogP contribution in [0.25, 0.3) is 103 Å². The van der Waals surface area contributed by atoms with Crippen LogP contribution in [0.5, 0.6) is 0 Å². The molecule has 0 radical (unpaired) electrons. The Morgan fingerprint density at radius 2 is 0.333 bits per heavy atom. The summed E-state index contributed by atoms with van der Waals surface area (Å²) < 4.78 is 0. The Balaban J connectivity index is 1.04. The molecule has 6 bridgehead atoms. The molecule has 0 atom stereocenters. The van der Waals surface area contributed by atoms with Crippen LogP contribution in [0.3, 0.4) is 0 Å². The van der Waals surface area contributed by atoms with E-state index in [0.29, 0.717) is 0 Å². The summed E-state index contributed by atoms with van der Waals surface area (Å²) in [4.78, 5) is 0. The van der Waals surface area contributed by atoms with Gasteiger partial charge in [-0.25, -0.2) is 0 Å². The molecule has 0 spiro atoms. The fourth-order valence-electron chi connectivity index (χ4n) is 11.2. The Bertz CT molecular complexity index is 3110. The summed E-state index contributed by atoms with van der Waals surface area (Å²) in [6.07, 6.45) is 62.9. The van der Waals surface area contributed by atoms with Gasteiger partial charge in [0.2, 0.25) is 0 Å². The van der Waals surface area contributed by atoms with Crippen molar-refractivity contribution in [2.24, 2.45) is 0 Å². The fraction of sp³-hybridized carbons (Fsp3) is 0.231. The highest BCUT2D eigenvalue weighted by Gasteiger charge is 2.16. The Morgan fingerprint density at radius 1 is 0.167 bits per heavy atom. The maximum absolute atomic E-state index is 2.47. The van der Waals surface area contributed by atoms with Gasteiger partial charge in [0.25, 0.3) is 0 Å². The van der Waals surface area contributed by atoms with Crippen LogP contribution >= 0.6 is 0 Å². The third-order valence-corrected chi connectivity index (χ3v) is 15.6. The van der Waals surface area contributed by atoms with Crippen molar-refractivity contribution in [3.63, 3.8) is 0 Å². The molecule has 0 nitrogen and oxygen atoms in total. The summed E-state index contributed by atoms with van der Waals surface area (Å²) in [5.41, 5.74) is 22.7. The summed E-state index contributed by atoms with van der Waals surface area (Å²) >= 11 is 0. The molecule has 0 heteroatoms. The van der Waals surface area contributed by atoms with Gasteiger partial charge in [-0.2, -0.15) is 0 Å². The second kappa shape index (κ2) is 28.5. The fourth-order valence-corrected chi connectivity index (χ4v) is 11.2. The van der Waals surface area contributed by atoms with Crippen LogP contribution < -0.4 is 0 Å². The van der Waals surface area contributed by atoms with E-state index in [1.54, 1.807) is 0 Å². The predicted molar refractivity (Wildman–Crippen MR) is 344 cm³/mol. The third-order valence-electron chi connectivity index (χ3n) is 15.6.